The summed E-state index contributed by atoms with van der Waals surface area (Å²) in [5.74, 6) is 1.95. The summed E-state index contributed by atoms with van der Waals surface area (Å²) >= 11 is 3.82. The summed E-state index contributed by atoms with van der Waals surface area (Å²) in [4.78, 5) is 14.7. The monoisotopic (exact) mass is 628 g/mol. The predicted molar refractivity (Wildman–Crippen MR) is 184 cm³/mol. The molecule has 0 aliphatic heterocycles. The second-order valence-corrected chi connectivity index (χ2v) is 11.5. The van der Waals surface area contributed by atoms with Crippen molar-refractivity contribution >= 4 is 37.7 Å². The molecule has 0 N–H and O–H groups in total. The van der Waals surface area contributed by atoms with Gasteiger partial charge in [0.2, 0.25) is 0 Å². The minimum Gasteiger partial charge on any atom is -0.309 e. The van der Waals surface area contributed by atoms with Gasteiger partial charge in [-0.05, 0) is 47.5 Å². The lowest BCUT2D eigenvalue weighted by atomic mass is 10.0. The molecule has 0 fully saturated rings. The smallest absolute Gasteiger partial charge is 0.164 e. The lowest BCUT2D eigenvalue weighted by Crippen LogP contribution is -2.00. The fraction of sp³-hybridized carbons (Fsp3) is 0. The van der Waals surface area contributed by atoms with Crippen molar-refractivity contribution in [2.45, 2.75) is 0 Å². The van der Waals surface area contributed by atoms with E-state index in [1.165, 1.54) is 16.3 Å². The van der Waals surface area contributed by atoms with E-state index in [1.54, 1.807) is 0 Å². The van der Waals surface area contributed by atoms with Crippen molar-refractivity contribution in [1.29, 1.82) is 0 Å². The van der Waals surface area contributed by atoms with Gasteiger partial charge in [0.25, 0.3) is 0 Å². The van der Waals surface area contributed by atoms with Gasteiger partial charge in [-0.3, -0.25) is 0 Å². The molecule has 0 unspecified atom stereocenters. The third-order valence-corrected chi connectivity index (χ3v) is 8.57. The molecule has 0 atom stereocenters. The van der Waals surface area contributed by atoms with Crippen molar-refractivity contribution in [3.05, 3.63) is 156 Å². The lowest BCUT2D eigenvalue weighted by molar-refractivity contribution is 1.07. The Kier molecular flexibility index (Phi) is 6.58. The average molecular weight is 630 g/mol. The van der Waals surface area contributed by atoms with E-state index in [0.717, 1.165) is 43.5 Å². The zero-order valence-corrected chi connectivity index (χ0v) is 25.2. The number of halogens is 1. The Bertz CT molecular complexity index is 2220. The molecule has 4 nitrogen and oxygen atoms in total. The highest BCUT2D eigenvalue weighted by Crippen LogP contribution is 2.38. The second kappa shape index (κ2) is 11.0. The number of benzene rings is 6. The number of para-hydroxylation sites is 1. The van der Waals surface area contributed by atoms with Crippen LogP contribution in [0.4, 0.5) is 0 Å². The number of fused-ring (bicyclic) bond motifs is 3. The van der Waals surface area contributed by atoms with E-state index in [4.69, 9.17) is 15.0 Å². The minimum absolute atomic E-state index is 0.642. The molecule has 0 aliphatic carbocycles. The van der Waals surface area contributed by atoms with Gasteiger partial charge in [0.1, 0.15) is 0 Å². The lowest BCUT2D eigenvalue weighted by Gasteiger charge is -2.11. The van der Waals surface area contributed by atoms with E-state index in [1.807, 2.05) is 60.7 Å². The molecule has 2 aromatic heterocycles. The highest BCUT2D eigenvalue weighted by Gasteiger charge is 2.16. The summed E-state index contributed by atoms with van der Waals surface area (Å²) in [6.45, 7) is 0. The predicted octanol–water partition coefficient (Wildman–Crippen LogP) is 10.4. The largest absolute Gasteiger partial charge is 0.309 e. The Balaban J connectivity index is 1.29. The Labute approximate surface area is 263 Å². The average Bonchev–Trinajstić information content (AvgIpc) is 3.44. The Morgan fingerprint density at radius 3 is 1.59 bits per heavy atom. The van der Waals surface area contributed by atoms with Gasteiger partial charge >= 0.3 is 0 Å². The van der Waals surface area contributed by atoms with Crippen molar-refractivity contribution in [3.8, 4) is 51.0 Å². The van der Waals surface area contributed by atoms with Crippen LogP contribution in [0.15, 0.2) is 156 Å². The first kappa shape index (κ1) is 26.3. The van der Waals surface area contributed by atoms with Gasteiger partial charge in [-0.15, -0.1) is 0 Å². The van der Waals surface area contributed by atoms with Crippen LogP contribution in [0, 0.1) is 0 Å². The molecular formula is C39H25BrN4. The Hall–Kier alpha value is -5.39. The standard InChI is InChI=1S/C39H25BrN4/c40-33-20-11-21-34-36(33)32-23-22-29(25-35(32)44(34)31-18-8-3-9-19-31)28-16-10-17-30(24-28)39-42-37(26-12-4-1-5-13-26)41-38(43-39)27-14-6-2-7-15-27/h1-25H. The summed E-state index contributed by atoms with van der Waals surface area (Å²) in [6.07, 6.45) is 0. The molecule has 8 rings (SSSR count). The normalized spacial score (nSPS) is 11.3. The quantitative estimate of drug-likeness (QED) is 0.190. The zero-order chi connectivity index (χ0) is 29.5. The summed E-state index contributed by atoms with van der Waals surface area (Å²) in [5.41, 5.74) is 8.50. The van der Waals surface area contributed by atoms with Gasteiger partial charge < -0.3 is 4.57 Å². The third kappa shape index (κ3) is 4.68. The molecular weight excluding hydrogens is 604 g/mol. The van der Waals surface area contributed by atoms with Crippen molar-refractivity contribution in [3.63, 3.8) is 0 Å². The van der Waals surface area contributed by atoms with E-state index in [-0.39, 0.29) is 0 Å². The van der Waals surface area contributed by atoms with E-state index in [9.17, 15) is 0 Å². The van der Waals surface area contributed by atoms with Gasteiger partial charge in [-0.25, -0.2) is 15.0 Å². The van der Waals surface area contributed by atoms with Gasteiger partial charge in [-0.2, -0.15) is 0 Å². The summed E-state index contributed by atoms with van der Waals surface area (Å²) in [5, 5.41) is 2.41. The molecule has 0 aliphatic rings. The van der Waals surface area contributed by atoms with Crippen molar-refractivity contribution in [1.82, 2.24) is 19.5 Å². The topological polar surface area (TPSA) is 43.6 Å². The molecule has 8 aromatic rings. The maximum Gasteiger partial charge on any atom is 0.164 e. The molecule has 208 valence electrons. The first-order chi connectivity index (χ1) is 21.7. The number of rotatable bonds is 5. The highest BCUT2D eigenvalue weighted by atomic mass is 79.9. The van der Waals surface area contributed by atoms with Crippen LogP contribution in [0.2, 0.25) is 0 Å². The zero-order valence-electron chi connectivity index (χ0n) is 23.6. The highest BCUT2D eigenvalue weighted by molar-refractivity contribution is 9.10. The van der Waals surface area contributed by atoms with E-state index >= 15 is 0 Å². The van der Waals surface area contributed by atoms with Crippen LogP contribution < -0.4 is 0 Å². The van der Waals surface area contributed by atoms with Gasteiger partial charge in [0.05, 0.1) is 11.0 Å². The number of aromatic nitrogens is 4. The summed E-state index contributed by atoms with van der Waals surface area (Å²) in [7, 11) is 0. The Morgan fingerprint density at radius 1 is 0.409 bits per heavy atom. The molecule has 2 heterocycles. The van der Waals surface area contributed by atoms with E-state index < -0.39 is 0 Å². The molecule has 44 heavy (non-hydrogen) atoms. The first-order valence-electron chi connectivity index (χ1n) is 14.5. The van der Waals surface area contributed by atoms with Crippen LogP contribution in [0.5, 0.6) is 0 Å². The second-order valence-electron chi connectivity index (χ2n) is 10.7. The van der Waals surface area contributed by atoms with E-state index in [2.05, 4.69) is 111 Å². The van der Waals surface area contributed by atoms with Crippen LogP contribution in [0.25, 0.3) is 72.8 Å². The van der Waals surface area contributed by atoms with Crippen LogP contribution in [-0.2, 0) is 0 Å². The van der Waals surface area contributed by atoms with E-state index in [0.29, 0.717) is 17.5 Å². The van der Waals surface area contributed by atoms with Gasteiger partial charge in [0.15, 0.2) is 17.5 Å². The fourth-order valence-electron chi connectivity index (χ4n) is 5.83. The van der Waals surface area contributed by atoms with Gasteiger partial charge in [-0.1, -0.05) is 131 Å². The summed E-state index contributed by atoms with van der Waals surface area (Å²) in [6, 6.07) is 52.2. The molecule has 0 saturated heterocycles. The number of nitrogens with zero attached hydrogens (tertiary/aromatic N) is 4. The molecule has 0 radical (unpaired) electrons. The van der Waals surface area contributed by atoms with Crippen molar-refractivity contribution in [2.24, 2.45) is 0 Å². The minimum atomic E-state index is 0.642. The first-order valence-corrected chi connectivity index (χ1v) is 15.3. The maximum absolute atomic E-state index is 4.94. The number of hydrogen-bond acceptors (Lipinski definition) is 3. The SMILES string of the molecule is Brc1cccc2c1c1ccc(-c3cccc(-c4nc(-c5ccccc5)nc(-c5ccccc5)n4)c3)cc1n2-c1ccccc1. The van der Waals surface area contributed by atoms with Crippen molar-refractivity contribution < 1.29 is 0 Å². The summed E-state index contributed by atoms with van der Waals surface area (Å²) < 4.78 is 3.43. The Morgan fingerprint density at radius 2 is 0.932 bits per heavy atom. The van der Waals surface area contributed by atoms with Crippen LogP contribution in [-0.4, -0.2) is 19.5 Å². The van der Waals surface area contributed by atoms with Crippen LogP contribution in [0.3, 0.4) is 0 Å². The molecule has 0 spiro atoms. The number of hydrogen-bond donors (Lipinski definition) is 0. The van der Waals surface area contributed by atoms with Crippen LogP contribution >= 0.6 is 15.9 Å². The molecule has 0 bridgehead atoms. The van der Waals surface area contributed by atoms with Crippen LogP contribution in [0.1, 0.15) is 0 Å². The van der Waals surface area contributed by atoms with Crippen molar-refractivity contribution in [2.75, 3.05) is 0 Å². The molecule has 0 amide bonds. The molecule has 6 aromatic carbocycles. The third-order valence-electron chi connectivity index (χ3n) is 7.91. The fourth-order valence-corrected chi connectivity index (χ4v) is 6.40. The van der Waals surface area contributed by atoms with Gasteiger partial charge in [0, 0.05) is 37.6 Å². The molecule has 5 heteroatoms. The molecule has 0 saturated carbocycles. The maximum atomic E-state index is 4.94.